The van der Waals surface area contributed by atoms with E-state index < -0.39 is 0 Å². The van der Waals surface area contributed by atoms with Crippen LogP contribution in [0.1, 0.15) is 17.5 Å². The van der Waals surface area contributed by atoms with Gasteiger partial charge in [-0.2, -0.15) is 0 Å². The maximum atomic E-state index is 5.57. The van der Waals surface area contributed by atoms with Gasteiger partial charge >= 0.3 is 0 Å². The highest BCUT2D eigenvalue weighted by Crippen LogP contribution is 2.31. The molecule has 0 amide bonds. The second kappa shape index (κ2) is 5.41. The van der Waals surface area contributed by atoms with E-state index in [9.17, 15) is 0 Å². The Kier molecular flexibility index (Phi) is 3.47. The topological polar surface area (TPSA) is 42.1 Å². The number of anilines is 2. The Bertz CT molecular complexity index is 548. The van der Waals surface area contributed by atoms with Crippen molar-refractivity contribution >= 4 is 11.5 Å². The van der Waals surface area contributed by atoms with E-state index in [4.69, 9.17) is 5.73 Å². The first kappa shape index (κ1) is 12.2. The molecule has 0 aliphatic carbocycles. The Morgan fingerprint density at radius 3 is 2.84 bits per heavy atom. The summed E-state index contributed by atoms with van der Waals surface area (Å²) in [6.45, 7) is 1.72. The summed E-state index contributed by atoms with van der Waals surface area (Å²) in [7, 11) is 0. The van der Waals surface area contributed by atoms with Crippen LogP contribution in [0.5, 0.6) is 0 Å². The smallest absolute Gasteiger partial charge is 0.132 e. The molecule has 0 unspecified atom stereocenters. The molecule has 0 saturated carbocycles. The highest BCUT2D eigenvalue weighted by Gasteiger charge is 2.18. The monoisotopic (exact) mass is 253 g/mol. The third-order valence-corrected chi connectivity index (χ3v) is 3.63. The van der Waals surface area contributed by atoms with Crippen molar-refractivity contribution in [2.75, 3.05) is 18.0 Å². The zero-order valence-electron chi connectivity index (χ0n) is 11.0. The van der Waals surface area contributed by atoms with Crippen molar-refractivity contribution in [1.82, 2.24) is 4.98 Å². The molecule has 1 aliphatic rings. The van der Waals surface area contributed by atoms with Crippen LogP contribution < -0.4 is 10.6 Å². The predicted octanol–water partition coefficient (Wildman–Crippen LogP) is 2.67. The second-order valence-electron chi connectivity index (χ2n) is 4.95. The van der Waals surface area contributed by atoms with Gasteiger partial charge in [0.15, 0.2) is 0 Å². The summed E-state index contributed by atoms with van der Waals surface area (Å²) in [5.74, 6) is 1.04. The molecule has 1 aliphatic heterocycles. The number of nitrogens with two attached hydrogens (primary N) is 1. The van der Waals surface area contributed by atoms with Crippen molar-refractivity contribution in [3.8, 4) is 0 Å². The Morgan fingerprint density at radius 2 is 2.05 bits per heavy atom. The van der Waals surface area contributed by atoms with E-state index in [1.54, 1.807) is 0 Å². The van der Waals surface area contributed by atoms with Gasteiger partial charge in [-0.15, -0.1) is 0 Å². The van der Waals surface area contributed by atoms with Crippen LogP contribution in [0, 0.1) is 0 Å². The summed E-state index contributed by atoms with van der Waals surface area (Å²) in [5, 5.41) is 0. The minimum absolute atomic E-state index is 0.674. The summed E-state index contributed by atoms with van der Waals surface area (Å²) in [4.78, 5) is 6.90. The first-order valence-electron chi connectivity index (χ1n) is 6.89. The van der Waals surface area contributed by atoms with Gasteiger partial charge < -0.3 is 10.6 Å². The zero-order chi connectivity index (χ0) is 13.1. The van der Waals surface area contributed by atoms with Crippen molar-refractivity contribution < 1.29 is 0 Å². The summed E-state index contributed by atoms with van der Waals surface area (Å²) < 4.78 is 0. The molecule has 98 valence electrons. The number of aromatic nitrogens is 1. The van der Waals surface area contributed by atoms with Gasteiger partial charge in [-0.3, -0.25) is 0 Å². The zero-order valence-corrected chi connectivity index (χ0v) is 11.0. The minimum atomic E-state index is 0.674. The molecular formula is C16H19N3. The van der Waals surface area contributed by atoms with Gasteiger partial charge in [-0.05, 0) is 49.1 Å². The summed E-state index contributed by atoms with van der Waals surface area (Å²) >= 11 is 0. The van der Waals surface area contributed by atoms with Crippen molar-refractivity contribution in [2.45, 2.75) is 19.3 Å². The standard InChI is InChI=1S/C16H19N3/c17-10-9-13-7-8-16(18-12-13)19-11-3-5-14-4-1-2-6-15(14)19/h1-2,4,6-8,12H,3,5,9-11,17H2. The number of hydrogen-bond donors (Lipinski definition) is 1. The number of rotatable bonds is 3. The molecular weight excluding hydrogens is 234 g/mol. The highest BCUT2D eigenvalue weighted by atomic mass is 15.2. The van der Waals surface area contributed by atoms with Crippen LogP contribution in [-0.2, 0) is 12.8 Å². The van der Waals surface area contributed by atoms with Gasteiger partial charge in [0.05, 0.1) is 0 Å². The number of pyridine rings is 1. The van der Waals surface area contributed by atoms with Crippen molar-refractivity contribution in [3.63, 3.8) is 0 Å². The fourth-order valence-corrected chi connectivity index (χ4v) is 2.66. The fourth-order valence-electron chi connectivity index (χ4n) is 2.66. The summed E-state index contributed by atoms with van der Waals surface area (Å²) in [5.41, 5.74) is 9.49. The molecule has 3 rings (SSSR count). The van der Waals surface area contributed by atoms with Crippen LogP contribution in [0.4, 0.5) is 11.5 Å². The summed E-state index contributed by atoms with van der Waals surface area (Å²) in [6.07, 6.45) is 5.18. The normalized spacial score (nSPS) is 14.3. The van der Waals surface area contributed by atoms with Crippen molar-refractivity contribution in [2.24, 2.45) is 5.73 Å². The van der Waals surface area contributed by atoms with Gasteiger partial charge in [0.25, 0.3) is 0 Å². The second-order valence-corrected chi connectivity index (χ2v) is 4.95. The number of hydrogen-bond acceptors (Lipinski definition) is 3. The average molecular weight is 253 g/mol. The number of fused-ring (bicyclic) bond motifs is 1. The Hall–Kier alpha value is -1.87. The quantitative estimate of drug-likeness (QED) is 0.914. The van der Waals surface area contributed by atoms with Crippen LogP contribution in [0.3, 0.4) is 0 Å². The lowest BCUT2D eigenvalue weighted by atomic mass is 10.0. The minimum Gasteiger partial charge on any atom is -0.330 e. The number of benzene rings is 1. The Labute approximate surface area is 114 Å². The number of para-hydroxylation sites is 1. The highest BCUT2D eigenvalue weighted by molar-refractivity contribution is 5.65. The predicted molar refractivity (Wildman–Crippen MR) is 78.8 cm³/mol. The molecule has 2 heterocycles. The molecule has 2 aromatic rings. The molecule has 0 spiro atoms. The third-order valence-electron chi connectivity index (χ3n) is 3.63. The lowest BCUT2D eigenvalue weighted by Crippen LogP contribution is -2.25. The molecule has 0 saturated heterocycles. The van der Waals surface area contributed by atoms with E-state index in [1.165, 1.54) is 23.2 Å². The van der Waals surface area contributed by atoms with Gasteiger partial charge in [0, 0.05) is 18.4 Å². The van der Waals surface area contributed by atoms with Gasteiger partial charge in [-0.25, -0.2) is 4.98 Å². The summed E-state index contributed by atoms with van der Waals surface area (Å²) in [6, 6.07) is 12.8. The Morgan fingerprint density at radius 1 is 1.16 bits per heavy atom. The lowest BCUT2D eigenvalue weighted by Gasteiger charge is -2.30. The van der Waals surface area contributed by atoms with E-state index >= 15 is 0 Å². The molecule has 0 atom stereocenters. The van der Waals surface area contributed by atoms with Crippen LogP contribution in [-0.4, -0.2) is 18.1 Å². The van der Waals surface area contributed by atoms with E-state index in [0.717, 1.165) is 25.2 Å². The van der Waals surface area contributed by atoms with E-state index in [1.807, 2.05) is 6.20 Å². The van der Waals surface area contributed by atoms with Gasteiger partial charge in [-0.1, -0.05) is 24.3 Å². The van der Waals surface area contributed by atoms with Crippen molar-refractivity contribution in [1.29, 1.82) is 0 Å². The van der Waals surface area contributed by atoms with Crippen LogP contribution in [0.25, 0.3) is 0 Å². The number of nitrogens with zero attached hydrogens (tertiary/aromatic N) is 2. The maximum Gasteiger partial charge on any atom is 0.132 e. The first-order chi connectivity index (χ1) is 9.38. The van der Waals surface area contributed by atoms with Crippen molar-refractivity contribution in [3.05, 3.63) is 53.7 Å². The maximum absolute atomic E-state index is 5.57. The molecule has 0 bridgehead atoms. The molecule has 1 aromatic heterocycles. The molecule has 0 fully saturated rings. The molecule has 3 nitrogen and oxygen atoms in total. The number of aryl methyl sites for hydroxylation is 1. The third kappa shape index (κ3) is 2.47. The molecule has 19 heavy (non-hydrogen) atoms. The van der Waals surface area contributed by atoms with E-state index in [2.05, 4.69) is 46.3 Å². The molecule has 1 aromatic carbocycles. The van der Waals surface area contributed by atoms with Crippen LogP contribution >= 0.6 is 0 Å². The average Bonchev–Trinajstić information content (AvgIpc) is 2.48. The Balaban J connectivity index is 1.90. The van der Waals surface area contributed by atoms with E-state index in [-0.39, 0.29) is 0 Å². The largest absolute Gasteiger partial charge is 0.330 e. The molecule has 2 N–H and O–H groups in total. The fraction of sp³-hybridized carbons (Fsp3) is 0.312. The van der Waals surface area contributed by atoms with Crippen LogP contribution in [0.15, 0.2) is 42.6 Å². The van der Waals surface area contributed by atoms with Gasteiger partial charge in [0.2, 0.25) is 0 Å². The van der Waals surface area contributed by atoms with Crippen LogP contribution in [0.2, 0.25) is 0 Å². The SMILES string of the molecule is NCCc1ccc(N2CCCc3ccccc32)nc1. The van der Waals surface area contributed by atoms with E-state index in [0.29, 0.717) is 6.54 Å². The first-order valence-corrected chi connectivity index (χ1v) is 6.89. The lowest BCUT2D eigenvalue weighted by molar-refractivity contribution is 0.759. The molecule has 0 radical (unpaired) electrons. The molecule has 3 heteroatoms. The van der Waals surface area contributed by atoms with Gasteiger partial charge in [0.1, 0.15) is 5.82 Å².